The summed E-state index contributed by atoms with van der Waals surface area (Å²) in [6.07, 6.45) is 4.02. The van der Waals surface area contributed by atoms with Crippen molar-refractivity contribution in [1.82, 2.24) is 9.55 Å². The highest BCUT2D eigenvalue weighted by Crippen LogP contribution is 2.42. The molecule has 0 saturated heterocycles. The summed E-state index contributed by atoms with van der Waals surface area (Å²) in [7, 11) is 0. The molecule has 30 heavy (non-hydrogen) atoms. The average Bonchev–Trinajstić information content (AvgIpc) is 3.46. The van der Waals surface area contributed by atoms with Gasteiger partial charge in [-0.2, -0.15) is 0 Å². The first-order chi connectivity index (χ1) is 14.8. The molecule has 5 aromatic rings. The van der Waals surface area contributed by atoms with E-state index in [2.05, 4.69) is 102 Å². The molecule has 3 nitrogen and oxygen atoms in total. The van der Waals surface area contributed by atoms with Gasteiger partial charge in [0.15, 0.2) is 0 Å². The number of anilines is 1. The molecule has 4 heteroatoms. The standard InChI is InChI=1S/C26H21N3S/c27-23-16-17-30-25(23)24-18-29(19-28-24)26(20-10-4-1-5-11-20,21-12-6-2-7-13-21)22-14-8-3-9-15-22/h1-19H,27H2. The predicted octanol–water partition coefficient (Wildman–Crippen LogP) is 6.03. The minimum Gasteiger partial charge on any atom is -0.397 e. The molecule has 0 amide bonds. The van der Waals surface area contributed by atoms with E-state index < -0.39 is 5.54 Å². The normalized spacial score (nSPS) is 11.5. The fourth-order valence-electron chi connectivity index (χ4n) is 4.14. The van der Waals surface area contributed by atoms with Crippen LogP contribution < -0.4 is 5.73 Å². The molecule has 0 aliphatic rings. The first-order valence-corrected chi connectivity index (χ1v) is 10.7. The Morgan fingerprint density at radius 1 is 0.700 bits per heavy atom. The van der Waals surface area contributed by atoms with Crippen LogP contribution in [0.2, 0.25) is 0 Å². The molecule has 0 unspecified atom stereocenters. The largest absolute Gasteiger partial charge is 0.397 e. The highest BCUT2D eigenvalue weighted by Gasteiger charge is 2.38. The number of rotatable bonds is 5. The highest BCUT2D eigenvalue weighted by atomic mass is 32.1. The molecule has 5 rings (SSSR count). The van der Waals surface area contributed by atoms with Crippen LogP contribution in [0.5, 0.6) is 0 Å². The van der Waals surface area contributed by atoms with E-state index in [0.717, 1.165) is 16.3 Å². The van der Waals surface area contributed by atoms with Gasteiger partial charge < -0.3 is 10.3 Å². The van der Waals surface area contributed by atoms with Gasteiger partial charge in [0, 0.05) is 6.20 Å². The van der Waals surface area contributed by atoms with Crippen molar-refractivity contribution >= 4 is 17.0 Å². The van der Waals surface area contributed by atoms with E-state index in [0.29, 0.717) is 0 Å². The van der Waals surface area contributed by atoms with Gasteiger partial charge in [-0.25, -0.2) is 4.98 Å². The quantitative estimate of drug-likeness (QED) is 0.361. The van der Waals surface area contributed by atoms with Crippen LogP contribution in [0.15, 0.2) is 115 Å². The lowest BCUT2D eigenvalue weighted by Gasteiger charge is -2.37. The van der Waals surface area contributed by atoms with Crippen molar-refractivity contribution in [1.29, 1.82) is 0 Å². The maximum absolute atomic E-state index is 6.19. The third-order valence-electron chi connectivity index (χ3n) is 5.47. The monoisotopic (exact) mass is 407 g/mol. The first-order valence-electron chi connectivity index (χ1n) is 9.84. The fourth-order valence-corrected chi connectivity index (χ4v) is 4.92. The number of thiophene rings is 1. The van der Waals surface area contributed by atoms with Crippen LogP contribution in [0.4, 0.5) is 5.69 Å². The molecule has 0 atom stereocenters. The lowest BCUT2D eigenvalue weighted by atomic mass is 9.77. The van der Waals surface area contributed by atoms with Gasteiger partial charge in [0.1, 0.15) is 11.2 Å². The Hall–Kier alpha value is -3.63. The number of nitrogens with two attached hydrogens (primary N) is 1. The zero-order valence-electron chi connectivity index (χ0n) is 16.3. The number of aromatic nitrogens is 2. The molecule has 0 spiro atoms. The Balaban J connectivity index is 1.83. The van der Waals surface area contributed by atoms with Crippen LogP contribution in [0.25, 0.3) is 10.6 Å². The molecular formula is C26H21N3S. The Bertz CT molecular complexity index is 1140. The van der Waals surface area contributed by atoms with Crippen LogP contribution >= 0.6 is 11.3 Å². The lowest BCUT2D eigenvalue weighted by molar-refractivity contribution is 0.515. The second-order valence-electron chi connectivity index (χ2n) is 7.18. The van der Waals surface area contributed by atoms with E-state index in [4.69, 9.17) is 10.7 Å². The van der Waals surface area contributed by atoms with E-state index in [1.807, 2.05) is 17.8 Å². The van der Waals surface area contributed by atoms with Gasteiger partial charge in [-0.3, -0.25) is 0 Å². The van der Waals surface area contributed by atoms with Crippen molar-refractivity contribution in [3.05, 3.63) is 132 Å². The summed E-state index contributed by atoms with van der Waals surface area (Å²) in [6, 6.07) is 33.7. The van der Waals surface area contributed by atoms with Gasteiger partial charge in [-0.15, -0.1) is 11.3 Å². The summed E-state index contributed by atoms with van der Waals surface area (Å²) in [5.41, 5.74) is 10.8. The minimum atomic E-state index is -0.555. The van der Waals surface area contributed by atoms with Gasteiger partial charge in [-0.05, 0) is 28.1 Å². The van der Waals surface area contributed by atoms with Crippen molar-refractivity contribution in [2.24, 2.45) is 0 Å². The summed E-state index contributed by atoms with van der Waals surface area (Å²) >= 11 is 1.61. The summed E-state index contributed by atoms with van der Waals surface area (Å²) in [5, 5.41) is 2.00. The molecule has 0 radical (unpaired) electrons. The van der Waals surface area contributed by atoms with Crippen molar-refractivity contribution < 1.29 is 0 Å². The zero-order chi connectivity index (χ0) is 20.4. The molecule has 3 aromatic carbocycles. The Morgan fingerprint density at radius 3 is 1.63 bits per heavy atom. The smallest absolute Gasteiger partial charge is 0.121 e. The number of nitrogens with zero attached hydrogens (tertiary/aromatic N) is 2. The number of nitrogen functional groups attached to an aromatic ring is 1. The van der Waals surface area contributed by atoms with Gasteiger partial charge in [0.05, 0.1) is 16.9 Å². The topological polar surface area (TPSA) is 43.8 Å². The molecule has 0 aliphatic heterocycles. The van der Waals surface area contributed by atoms with E-state index in [1.54, 1.807) is 11.3 Å². The maximum atomic E-state index is 6.19. The minimum absolute atomic E-state index is 0.555. The molecule has 0 fully saturated rings. The van der Waals surface area contributed by atoms with Gasteiger partial charge in [-0.1, -0.05) is 91.0 Å². The molecule has 2 N–H and O–H groups in total. The molecule has 0 aliphatic carbocycles. The van der Waals surface area contributed by atoms with Crippen LogP contribution in [-0.2, 0) is 5.54 Å². The average molecular weight is 408 g/mol. The Labute approximate surface area is 180 Å². The van der Waals surface area contributed by atoms with Crippen LogP contribution in [0.1, 0.15) is 16.7 Å². The van der Waals surface area contributed by atoms with Gasteiger partial charge in [0.25, 0.3) is 0 Å². The molecule has 2 heterocycles. The summed E-state index contributed by atoms with van der Waals surface area (Å²) in [4.78, 5) is 5.75. The molecule has 146 valence electrons. The van der Waals surface area contributed by atoms with E-state index in [-0.39, 0.29) is 0 Å². The van der Waals surface area contributed by atoms with Crippen molar-refractivity contribution in [2.45, 2.75) is 5.54 Å². The van der Waals surface area contributed by atoms with Gasteiger partial charge in [0.2, 0.25) is 0 Å². The highest BCUT2D eigenvalue weighted by molar-refractivity contribution is 7.14. The zero-order valence-corrected chi connectivity index (χ0v) is 17.2. The SMILES string of the molecule is Nc1ccsc1-c1cn(C(c2ccccc2)(c2ccccc2)c2ccccc2)cn1. The predicted molar refractivity (Wildman–Crippen MR) is 125 cm³/mol. The van der Waals surface area contributed by atoms with E-state index >= 15 is 0 Å². The molecule has 0 saturated carbocycles. The van der Waals surface area contributed by atoms with E-state index in [9.17, 15) is 0 Å². The Morgan fingerprint density at radius 2 is 1.20 bits per heavy atom. The third kappa shape index (κ3) is 2.93. The third-order valence-corrected chi connectivity index (χ3v) is 6.43. The van der Waals surface area contributed by atoms with Crippen molar-refractivity contribution in [3.63, 3.8) is 0 Å². The van der Waals surface area contributed by atoms with Crippen molar-refractivity contribution in [2.75, 3.05) is 5.73 Å². The first kappa shape index (κ1) is 18.4. The van der Waals surface area contributed by atoms with E-state index in [1.165, 1.54) is 16.7 Å². The van der Waals surface area contributed by atoms with Crippen molar-refractivity contribution in [3.8, 4) is 10.6 Å². The second-order valence-corrected chi connectivity index (χ2v) is 8.10. The number of hydrogen-bond donors (Lipinski definition) is 1. The molecule has 2 aromatic heterocycles. The van der Waals surface area contributed by atoms with Crippen LogP contribution in [0.3, 0.4) is 0 Å². The summed E-state index contributed by atoms with van der Waals surface area (Å²) in [6.45, 7) is 0. The van der Waals surface area contributed by atoms with Gasteiger partial charge >= 0.3 is 0 Å². The van der Waals surface area contributed by atoms with Crippen LogP contribution in [-0.4, -0.2) is 9.55 Å². The molecule has 0 bridgehead atoms. The summed E-state index contributed by atoms with van der Waals surface area (Å²) in [5.74, 6) is 0. The Kier molecular flexibility index (Phi) is 4.69. The molecular weight excluding hydrogens is 386 g/mol. The van der Waals surface area contributed by atoms with Crippen LogP contribution in [0, 0.1) is 0 Å². The number of hydrogen-bond acceptors (Lipinski definition) is 3. The fraction of sp³-hybridized carbons (Fsp3) is 0.0385. The maximum Gasteiger partial charge on any atom is 0.121 e. The number of imidazole rings is 1. The number of benzene rings is 3. The second kappa shape index (κ2) is 7.65. The lowest BCUT2D eigenvalue weighted by Crippen LogP contribution is -2.36. The summed E-state index contributed by atoms with van der Waals surface area (Å²) < 4.78 is 2.21.